The average molecular weight is 388 g/mol. The highest BCUT2D eigenvalue weighted by Crippen LogP contribution is 2.25. The Labute approximate surface area is 162 Å². The highest BCUT2D eigenvalue weighted by molar-refractivity contribution is 7.13. The number of thiazole rings is 1. The Morgan fingerprint density at radius 2 is 2.04 bits per heavy atom. The third-order valence-corrected chi connectivity index (χ3v) is 5.24. The molecule has 0 aliphatic heterocycles. The Morgan fingerprint density at radius 1 is 1.26 bits per heavy atom. The summed E-state index contributed by atoms with van der Waals surface area (Å²) in [5.41, 5.74) is 2.27. The van der Waals surface area contributed by atoms with Crippen LogP contribution in [0.15, 0.2) is 23.6 Å². The number of amides is 3. The van der Waals surface area contributed by atoms with Crippen molar-refractivity contribution in [2.75, 3.05) is 17.7 Å². The number of hydrogen-bond donors (Lipinski definition) is 3. The molecule has 3 amide bonds. The number of benzene rings is 1. The van der Waals surface area contributed by atoms with Crippen molar-refractivity contribution in [1.29, 1.82) is 0 Å². The summed E-state index contributed by atoms with van der Waals surface area (Å²) >= 11 is 1.31. The van der Waals surface area contributed by atoms with Crippen molar-refractivity contribution >= 4 is 34.1 Å². The van der Waals surface area contributed by atoms with Crippen molar-refractivity contribution in [3.05, 3.63) is 34.8 Å². The predicted octanol–water partition coefficient (Wildman–Crippen LogP) is 3.71. The highest BCUT2D eigenvalue weighted by atomic mass is 32.1. The fourth-order valence-electron chi connectivity index (χ4n) is 3.11. The van der Waals surface area contributed by atoms with Gasteiger partial charge in [0.1, 0.15) is 5.75 Å². The number of aromatic nitrogens is 1. The van der Waals surface area contributed by atoms with E-state index in [1.165, 1.54) is 11.3 Å². The second-order valence-corrected chi connectivity index (χ2v) is 7.51. The molecule has 27 heavy (non-hydrogen) atoms. The van der Waals surface area contributed by atoms with Gasteiger partial charge in [-0.3, -0.25) is 10.1 Å². The number of carbonyl (C=O) groups excluding carboxylic acids is 2. The molecule has 1 aromatic heterocycles. The standard InChI is InChI=1S/C19H24N4O3S/c1-12-7-8-16(26-2)15(9-12)22-17(24)10-14-11-27-19(21-14)23-18(25)20-13-5-3-4-6-13/h7-9,11,13H,3-6,10H2,1-2H3,(H,22,24)(H2,20,21,23,25). The van der Waals surface area contributed by atoms with Crippen LogP contribution in [0.1, 0.15) is 36.9 Å². The summed E-state index contributed by atoms with van der Waals surface area (Å²) in [5, 5.41) is 10.8. The summed E-state index contributed by atoms with van der Waals surface area (Å²) in [6, 6.07) is 5.61. The average Bonchev–Trinajstić information content (AvgIpc) is 3.27. The Hall–Kier alpha value is -2.61. The van der Waals surface area contributed by atoms with E-state index in [0.29, 0.717) is 22.3 Å². The van der Waals surface area contributed by atoms with E-state index in [2.05, 4.69) is 20.9 Å². The molecule has 0 saturated heterocycles. The molecular formula is C19H24N4O3S. The molecule has 7 nitrogen and oxygen atoms in total. The lowest BCUT2D eigenvalue weighted by Gasteiger charge is -2.11. The van der Waals surface area contributed by atoms with Crippen LogP contribution in [0.2, 0.25) is 0 Å². The van der Waals surface area contributed by atoms with Gasteiger partial charge in [0.05, 0.1) is 24.9 Å². The lowest BCUT2D eigenvalue weighted by molar-refractivity contribution is -0.115. The molecule has 3 rings (SSSR count). The van der Waals surface area contributed by atoms with Crippen LogP contribution in [0.3, 0.4) is 0 Å². The monoisotopic (exact) mass is 388 g/mol. The number of nitrogens with zero attached hydrogens (tertiary/aromatic N) is 1. The Morgan fingerprint density at radius 3 is 2.78 bits per heavy atom. The van der Waals surface area contributed by atoms with Crippen LogP contribution in [0.25, 0.3) is 0 Å². The van der Waals surface area contributed by atoms with E-state index in [4.69, 9.17) is 4.74 Å². The number of carbonyl (C=O) groups is 2. The maximum atomic E-state index is 12.3. The molecule has 0 radical (unpaired) electrons. The lowest BCUT2D eigenvalue weighted by atomic mass is 10.2. The molecular weight excluding hydrogens is 364 g/mol. The summed E-state index contributed by atoms with van der Waals surface area (Å²) in [5.74, 6) is 0.421. The number of anilines is 2. The fourth-order valence-corrected chi connectivity index (χ4v) is 3.82. The van der Waals surface area contributed by atoms with Crippen molar-refractivity contribution in [1.82, 2.24) is 10.3 Å². The van der Waals surface area contributed by atoms with E-state index in [1.54, 1.807) is 12.5 Å². The Balaban J connectivity index is 1.53. The zero-order valence-electron chi connectivity index (χ0n) is 15.5. The summed E-state index contributed by atoms with van der Waals surface area (Å²) in [6.45, 7) is 1.95. The Kier molecular flexibility index (Phi) is 6.28. The second kappa shape index (κ2) is 8.85. The van der Waals surface area contributed by atoms with E-state index < -0.39 is 0 Å². The van der Waals surface area contributed by atoms with Crippen LogP contribution in [-0.2, 0) is 11.2 Å². The normalized spacial score (nSPS) is 14.0. The van der Waals surface area contributed by atoms with Gasteiger partial charge in [-0.15, -0.1) is 11.3 Å². The van der Waals surface area contributed by atoms with Crippen LogP contribution in [0, 0.1) is 6.92 Å². The van der Waals surface area contributed by atoms with Crippen molar-refractivity contribution in [2.45, 2.75) is 45.1 Å². The van der Waals surface area contributed by atoms with Crippen LogP contribution in [0.4, 0.5) is 15.6 Å². The summed E-state index contributed by atoms with van der Waals surface area (Å²) < 4.78 is 5.27. The van der Waals surface area contributed by atoms with Crippen LogP contribution >= 0.6 is 11.3 Å². The number of aryl methyl sites for hydroxylation is 1. The zero-order chi connectivity index (χ0) is 19.2. The van der Waals surface area contributed by atoms with E-state index in [1.807, 2.05) is 25.1 Å². The van der Waals surface area contributed by atoms with Gasteiger partial charge in [-0.2, -0.15) is 0 Å². The van der Waals surface area contributed by atoms with E-state index >= 15 is 0 Å². The van der Waals surface area contributed by atoms with Crippen LogP contribution in [0.5, 0.6) is 5.75 Å². The highest BCUT2D eigenvalue weighted by Gasteiger charge is 2.18. The van der Waals surface area contributed by atoms with Crippen LogP contribution < -0.4 is 20.7 Å². The van der Waals surface area contributed by atoms with Gasteiger partial charge in [0.15, 0.2) is 5.13 Å². The third kappa shape index (κ3) is 5.43. The van der Waals surface area contributed by atoms with Crippen molar-refractivity contribution < 1.29 is 14.3 Å². The number of ether oxygens (including phenoxy) is 1. The molecule has 0 atom stereocenters. The molecule has 144 valence electrons. The maximum Gasteiger partial charge on any atom is 0.321 e. The van der Waals surface area contributed by atoms with Gasteiger partial charge in [-0.25, -0.2) is 9.78 Å². The zero-order valence-corrected chi connectivity index (χ0v) is 16.3. The molecule has 2 aromatic rings. The molecule has 0 unspecified atom stereocenters. The summed E-state index contributed by atoms with van der Waals surface area (Å²) in [6.07, 6.45) is 4.50. The minimum absolute atomic E-state index is 0.125. The van der Waals surface area contributed by atoms with E-state index in [9.17, 15) is 9.59 Å². The van der Waals surface area contributed by atoms with Gasteiger partial charge in [-0.1, -0.05) is 18.9 Å². The molecule has 1 aliphatic carbocycles. The molecule has 1 heterocycles. The lowest BCUT2D eigenvalue weighted by Crippen LogP contribution is -2.36. The van der Waals surface area contributed by atoms with Crippen molar-refractivity contribution in [2.24, 2.45) is 0 Å². The third-order valence-electron chi connectivity index (χ3n) is 4.43. The second-order valence-electron chi connectivity index (χ2n) is 6.65. The number of methoxy groups -OCH3 is 1. The molecule has 1 saturated carbocycles. The van der Waals surface area contributed by atoms with Crippen molar-refractivity contribution in [3.8, 4) is 5.75 Å². The first-order valence-corrected chi connectivity index (χ1v) is 9.88. The SMILES string of the molecule is COc1ccc(C)cc1NC(=O)Cc1csc(NC(=O)NC2CCCC2)n1. The first-order valence-electron chi connectivity index (χ1n) is 9.00. The first kappa shape index (κ1) is 19.2. The largest absolute Gasteiger partial charge is 0.495 e. The maximum absolute atomic E-state index is 12.3. The first-order chi connectivity index (χ1) is 13.0. The number of rotatable bonds is 6. The molecule has 0 bridgehead atoms. The smallest absolute Gasteiger partial charge is 0.321 e. The van der Waals surface area contributed by atoms with Gasteiger partial charge in [0.25, 0.3) is 0 Å². The van der Waals surface area contributed by atoms with Gasteiger partial charge in [0.2, 0.25) is 5.91 Å². The van der Waals surface area contributed by atoms with Gasteiger partial charge >= 0.3 is 6.03 Å². The van der Waals surface area contributed by atoms with Crippen LogP contribution in [-0.4, -0.2) is 30.1 Å². The molecule has 1 aromatic carbocycles. The Bertz CT molecular complexity index is 815. The topological polar surface area (TPSA) is 92.4 Å². The van der Waals surface area contributed by atoms with E-state index in [-0.39, 0.29) is 24.4 Å². The molecule has 0 spiro atoms. The molecule has 1 aliphatic rings. The number of urea groups is 1. The summed E-state index contributed by atoms with van der Waals surface area (Å²) in [4.78, 5) is 28.6. The number of hydrogen-bond acceptors (Lipinski definition) is 5. The molecule has 3 N–H and O–H groups in total. The number of nitrogens with one attached hydrogen (secondary N) is 3. The van der Waals surface area contributed by atoms with Crippen molar-refractivity contribution in [3.63, 3.8) is 0 Å². The van der Waals surface area contributed by atoms with Gasteiger partial charge < -0.3 is 15.4 Å². The predicted molar refractivity (Wildman–Crippen MR) is 107 cm³/mol. The quantitative estimate of drug-likeness (QED) is 0.703. The minimum atomic E-state index is -0.239. The summed E-state index contributed by atoms with van der Waals surface area (Å²) in [7, 11) is 1.56. The fraction of sp³-hybridized carbons (Fsp3) is 0.421. The van der Waals surface area contributed by atoms with Gasteiger partial charge in [-0.05, 0) is 37.5 Å². The van der Waals surface area contributed by atoms with E-state index in [0.717, 1.165) is 31.2 Å². The molecule has 1 fully saturated rings. The minimum Gasteiger partial charge on any atom is -0.495 e. The van der Waals surface area contributed by atoms with Gasteiger partial charge in [0, 0.05) is 11.4 Å². The molecule has 8 heteroatoms.